The molecule has 0 fully saturated rings. The number of fused-ring (bicyclic) bond motifs is 1. The van der Waals surface area contributed by atoms with Crippen molar-refractivity contribution in [2.75, 3.05) is 6.61 Å². The summed E-state index contributed by atoms with van der Waals surface area (Å²) in [5, 5.41) is 17.7. The van der Waals surface area contributed by atoms with Gasteiger partial charge >= 0.3 is 7.12 Å². The van der Waals surface area contributed by atoms with E-state index in [1.54, 1.807) is 12.4 Å². The lowest BCUT2D eigenvalue weighted by molar-refractivity contribution is 0.315. The first kappa shape index (κ1) is 9.24. The summed E-state index contributed by atoms with van der Waals surface area (Å²) >= 11 is 0. The summed E-state index contributed by atoms with van der Waals surface area (Å²) in [6, 6.07) is 1.81. The van der Waals surface area contributed by atoms with Crippen LogP contribution in [0, 0.1) is 0 Å². The fourth-order valence-electron chi connectivity index (χ4n) is 1.52. The molecule has 1 aromatic rings. The Labute approximate surface area is 82.0 Å². The molecule has 1 aromatic heterocycles. The van der Waals surface area contributed by atoms with Crippen molar-refractivity contribution in [2.24, 2.45) is 0 Å². The molecule has 0 atom stereocenters. The fraction of sp³-hybridized carbons (Fsp3) is 0.222. The first-order valence-electron chi connectivity index (χ1n) is 4.41. The molecule has 0 saturated carbocycles. The van der Waals surface area contributed by atoms with Gasteiger partial charge in [-0.05, 0) is 11.6 Å². The SMILES string of the molecule is OB(O)/C=C1\CCOc2cnccc21. The quantitative estimate of drug-likeness (QED) is 0.625. The summed E-state index contributed by atoms with van der Waals surface area (Å²) in [4.78, 5) is 3.93. The lowest BCUT2D eigenvalue weighted by atomic mass is 9.84. The van der Waals surface area contributed by atoms with Crippen LogP contribution >= 0.6 is 0 Å². The highest BCUT2D eigenvalue weighted by molar-refractivity contribution is 6.49. The lowest BCUT2D eigenvalue weighted by Gasteiger charge is -2.19. The van der Waals surface area contributed by atoms with Crippen molar-refractivity contribution in [1.29, 1.82) is 0 Å². The third-order valence-electron chi connectivity index (χ3n) is 2.11. The van der Waals surface area contributed by atoms with Crippen LogP contribution in [0.1, 0.15) is 12.0 Å². The number of hydrogen-bond acceptors (Lipinski definition) is 4. The second kappa shape index (κ2) is 3.81. The molecule has 0 radical (unpaired) electrons. The van der Waals surface area contributed by atoms with E-state index in [9.17, 15) is 0 Å². The second-order valence-electron chi connectivity index (χ2n) is 3.08. The number of pyridine rings is 1. The molecular weight excluding hydrogens is 181 g/mol. The van der Waals surface area contributed by atoms with Crippen LogP contribution in [0.3, 0.4) is 0 Å². The van der Waals surface area contributed by atoms with Crippen molar-refractivity contribution in [2.45, 2.75) is 6.42 Å². The number of rotatable bonds is 1. The zero-order chi connectivity index (χ0) is 9.97. The molecule has 14 heavy (non-hydrogen) atoms. The lowest BCUT2D eigenvalue weighted by Crippen LogP contribution is -2.13. The maximum atomic E-state index is 8.85. The largest absolute Gasteiger partial charge is 0.491 e. The highest BCUT2D eigenvalue weighted by Gasteiger charge is 2.16. The van der Waals surface area contributed by atoms with Crippen LogP contribution in [0.2, 0.25) is 0 Å². The summed E-state index contributed by atoms with van der Waals surface area (Å²) in [6.45, 7) is 0.553. The monoisotopic (exact) mass is 191 g/mol. The maximum Gasteiger partial charge on any atom is 0.480 e. The van der Waals surface area contributed by atoms with Gasteiger partial charge in [0.25, 0.3) is 0 Å². The number of nitrogens with zero attached hydrogens (tertiary/aromatic N) is 1. The Morgan fingerprint density at radius 1 is 1.50 bits per heavy atom. The van der Waals surface area contributed by atoms with Gasteiger partial charge < -0.3 is 14.8 Å². The van der Waals surface area contributed by atoms with Crippen LogP contribution in [0.5, 0.6) is 5.75 Å². The van der Waals surface area contributed by atoms with Gasteiger partial charge in [-0.2, -0.15) is 0 Å². The molecule has 0 spiro atoms. The average Bonchev–Trinajstić information content (AvgIpc) is 2.18. The third-order valence-corrected chi connectivity index (χ3v) is 2.11. The molecule has 1 aliphatic rings. The number of hydrogen-bond donors (Lipinski definition) is 2. The van der Waals surface area contributed by atoms with E-state index in [0.717, 1.165) is 11.1 Å². The molecule has 2 heterocycles. The van der Waals surface area contributed by atoms with E-state index in [2.05, 4.69) is 4.98 Å². The first-order valence-corrected chi connectivity index (χ1v) is 4.41. The summed E-state index contributed by atoms with van der Waals surface area (Å²) < 4.78 is 5.37. The van der Waals surface area contributed by atoms with Crippen molar-refractivity contribution in [3.05, 3.63) is 30.0 Å². The van der Waals surface area contributed by atoms with Gasteiger partial charge in [0.15, 0.2) is 0 Å². The maximum absolute atomic E-state index is 8.85. The van der Waals surface area contributed by atoms with E-state index in [-0.39, 0.29) is 0 Å². The molecule has 0 aromatic carbocycles. The zero-order valence-corrected chi connectivity index (χ0v) is 7.55. The molecule has 0 bridgehead atoms. The van der Waals surface area contributed by atoms with E-state index in [0.29, 0.717) is 18.8 Å². The second-order valence-corrected chi connectivity index (χ2v) is 3.08. The van der Waals surface area contributed by atoms with Gasteiger partial charge in [-0.3, -0.25) is 4.98 Å². The van der Waals surface area contributed by atoms with E-state index >= 15 is 0 Å². The molecule has 5 heteroatoms. The van der Waals surface area contributed by atoms with Gasteiger partial charge in [-0.15, -0.1) is 0 Å². The molecule has 0 unspecified atom stereocenters. The van der Waals surface area contributed by atoms with Gasteiger partial charge in [0.1, 0.15) is 5.75 Å². The van der Waals surface area contributed by atoms with Crippen LogP contribution in [0.15, 0.2) is 24.4 Å². The third kappa shape index (κ3) is 1.78. The molecular formula is C9H10BNO3. The van der Waals surface area contributed by atoms with Gasteiger partial charge in [0.2, 0.25) is 0 Å². The van der Waals surface area contributed by atoms with Crippen molar-refractivity contribution in [3.63, 3.8) is 0 Å². The predicted molar refractivity (Wildman–Crippen MR) is 52.5 cm³/mol. The molecule has 0 aliphatic carbocycles. The zero-order valence-electron chi connectivity index (χ0n) is 7.55. The molecule has 0 saturated heterocycles. The van der Waals surface area contributed by atoms with Crippen molar-refractivity contribution < 1.29 is 14.8 Å². The normalized spacial score (nSPS) is 17.4. The van der Waals surface area contributed by atoms with Crippen molar-refractivity contribution >= 4 is 12.7 Å². The van der Waals surface area contributed by atoms with Crippen LogP contribution < -0.4 is 4.74 Å². The number of ether oxygens (including phenoxy) is 1. The molecule has 72 valence electrons. The number of aromatic nitrogens is 1. The van der Waals surface area contributed by atoms with Crippen LogP contribution in [-0.2, 0) is 0 Å². The molecule has 0 amide bonds. The Kier molecular flexibility index (Phi) is 2.52. The standard InChI is InChI=1S/C9H10BNO3/c12-10(13)5-7-2-4-14-9-6-11-3-1-8(7)9/h1,3,5-6,12-13H,2,4H2/b7-5+. The van der Waals surface area contributed by atoms with Crippen LogP contribution in [0.25, 0.3) is 5.57 Å². The Balaban J connectivity index is 2.40. The van der Waals surface area contributed by atoms with Gasteiger partial charge in [0, 0.05) is 18.2 Å². The van der Waals surface area contributed by atoms with Crippen LogP contribution in [0.4, 0.5) is 0 Å². The van der Waals surface area contributed by atoms with E-state index in [4.69, 9.17) is 14.8 Å². The Morgan fingerprint density at radius 2 is 2.36 bits per heavy atom. The average molecular weight is 191 g/mol. The van der Waals surface area contributed by atoms with E-state index in [1.165, 1.54) is 5.98 Å². The summed E-state index contributed by atoms with van der Waals surface area (Å²) in [6.07, 6.45) is 3.98. The van der Waals surface area contributed by atoms with Gasteiger partial charge in [-0.25, -0.2) is 0 Å². The minimum absolute atomic E-state index is 0.553. The Morgan fingerprint density at radius 3 is 3.14 bits per heavy atom. The first-order chi connectivity index (χ1) is 6.77. The topological polar surface area (TPSA) is 62.6 Å². The fourth-order valence-corrected chi connectivity index (χ4v) is 1.52. The summed E-state index contributed by atoms with van der Waals surface area (Å²) in [7, 11) is -1.41. The van der Waals surface area contributed by atoms with E-state index in [1.807, 2.05) is 6.07 Å². The van der Waals surface area contributed by atoms with Gasteiger partial charge in [-0.1, -0.05) is 5.98 Å². The van der Waals surface area contributed by atoms with Gasteiger partial charge in [0.05, 0.1) is 12.8 Å². The summed E-state index contributed by atoms with van der Waals surface area (Å²) in [5.41, 5.74) is 1.78. The molecule has 1 aliphatic heterocycles. The van der Waals surface area contributed by atoms with Crippen molar-refractivity contribution in [3.8, 4) is 5.75 Å². The highest BCUT2D eigenvalue weighted by Crippen LogP contribution is 2.31. The van der Waals surface area contributed by atoms with E-state index < -0.39 is 7.12 Å². The smallest absolute Gasteiger partial charge is 0.480 e. The Hall–Kier alpha value is -1.33. The molecule has 2 N–H and O–H groups in total. The minimum Gasteiger partial charge on any atom is -0.491 e. The highest BCUT2D eigenvalue weighted by atomic mass is 16.5. The van der Waals surface area contributed by atoms with Crippen molar-refractivity contribution in [1.82, 2.24) is 4.98 Å². The Bertz CT molecular complexity index is 365. The molecule has 4 nitrogen and oxygen atoms in total. The minimum atomic E-state index is -1.41. The molecule has 2 rings (SSSR count). The summed E-state index contributed by atoms with van der Waals surface area (Å²) in [5.74, 6) is 2.12. The predicted octanol–water partition coefficient (Wildman–Crippen LogP) is 0.259. The van der Waals surface area contributed by atoms with Crippen LogP contribution in [-0.4, -0.2) is 28.8 Å².